The predicted molar refractivity (Wildman–Crippen MR) is 96.2 cm³/mol. The Kier molecular flexibility index (Phi) is 5.80. The molecule has 6 nitrogen and oxygen atoms in total. The van der Waals surface area contributed by atoms with Crippen molar-refractivity contribution in [1.82, 2.24) is 0 Å². The number of hydrogen-bond acceptors (Lipinski definition) is 4. The highest BCUT2D eigenvalue weighted by molar-refractivity contribution is 5.95. The van der Waals surface area contributed by atoms with Crippen molar-refractivity contribution in [2.75, 3.05) is 17.2 Å². The van der Waals surface area contributed by atoms with Gasteiger partial charge in [0.05, 0.1) is 4.92 Å². The standard InChI is InChI=1S/C18H27N3O3/c1-18(2,3)17(22)20-14-9-10-15(16(11-14)21(23)24)19-12-13-7-5-4-6-8-13/h9-11,13,19H,4-8,12H2,1-3H3,(H,20,22). The average Bonchev–Trinajstić information content (AvgIpc) is 2.53. The molecule has 2 N–H and O–H groups in total. The summed E-state index contributed by atoms with van der Waals surface area (Å²) in [6.45, 7) is 6.17. The summed E-state index contributed by atoms with van der Waals surface area (Å²) >= 11 is 0. The van der Waals surface area contributed by atoms with Gasteiger partial charge in [-0.25, -0.2) is 0 Å². The van der Waals surface area contributed by atoms with Gasteiger partial charge in [-0.1, -0.05) is 40.0 Å². The quantitative estimate of drug-likeness (QED) is 0.610. The Morgan fingerprint density at radius 3 is 2.50 bits per heavy atom. The van der Waals surface area contributed by atoms with Crippen molar-refractivity contribution in [3.63, 3.8) is 0 Å². The molecule has 0 saturated heterocycles. The first-order chi connectivity index (χ1) is 11.3. The molecule has 0 unspecified atom stereocenters. The molecule has 0 heterocycles. The van der Waals surface area contributed by atoms with E-state index in [0.29, 0.717) is 17.3 Å². The van der Waals surface area contributed by atoms with Crippen LogP contribution in [0.5, 0.6) is 0 Å². The molecule has 1 aliphatic rings. The SMILES string of the molecule is CC(C)(C)C(=O)Nc1ccc(NCC2CCCCC2)c([N+](=O)[O-])c1. The molecule has 0 aliphatic heterocycles. The third-order valence-corrected chi connectivity index (χ3v) is 4.44. The van der Waals surface area contributed by atoms with E-state index in [1.807, 2.05) is 0 Å². The fourth-order valence-corrected chi connectivity index (χ4v) is 2.87. The molecule has 1 aromatic rings. The van der Waals surface area contributed by atoms with E-state index in [0.717, 1.165) is 6.54 Å². The molecule has 24 heavy (non-hydrogen) atoms. The summed E-state index contributed by atoms with van der Waals surface area (Å²) in [5.41, 5.74) is 0.411. The van der Waals surface area contributed by atoms with Crippen molar-refractivity contribution < 1.29 is 9.72 Å². The van der Waals surface area contributed by atoms with Crippen LogP contribution in [0.1, 0.15) is 52.9 Å². The number of carbonyl (C=O) groups excluding carboxylic acids is 1. The summed E-state index contributed by atoms with van der Waals surface area (Å²) in [7, 11) is 0. The third kappa shape index (κ3) is 4.94. The molecule has 1 saturated carbocycles. The van der Waals surface area contributed by atoms with Crippen LogP contribution >= 0.6 is 0 Å². The van der Waals surface area contributed by atoms with Gasteiger partial charge in [-0.15, -0.1) is 0 Å². The first-order valence-electron chi connectivity index (χ1n) is 8.61. The van der Waals surface area contributed by atoms with Gasteiger partial charge >= 0.3 is 0 Å². The first kappa shape index (κ1) is 18.2. The largest absolute Gasteiger partial charge is 0.379 e. The molecule has 6 heteroatoms. The number of anilines is 2. The van der Waals surface area contributed by atoms with Crippen LogP contribution in [0.4, 0.5) is 17.1 Å². The molecular weight excluding hydrogens is 306 g/mol. The van der Waals surface area contributed by atoms with Gasteiger partial charge in [0.1, 0.15) is 5.69 Å². The zero-order chi connectivity index (χ0) is 17.7. The normalized spacial score (nSPS) is 15.8. The smallest absolute Gasteiger partial charge is 0.294 e. The minimum atomic E-state index is -0.549. The Bertz CT molecular complexity index is 602. The van der Waals surface area contributed by atoms with Gasteiger partial charge in [0.2, 0.25) is 5.91 Å². The van der Waals surface area contributed by atoms with Gasteiger partial charge in [0.25, 0.3) is 5.69 Å². The van der Waals surface area contributed by atoms with E-state index in [-0.39, 0.29) is 11.6 Å². The summed E-state index contributed by atoms with van der Waals surface area (Å²) in [5, 5.41) is 17.3. The summed E-state index contributed by atoms with van der Waals surface area (Å²) in [6, 6.07) is 4.81. The molecular formula is C18H27N3O3. The number of benzene rings is 1. The van der Waals surface area contributed by atoms with E-state index in [9.17, 15) is 14.9 Å². The van der Waals surface area contributed by atoms with E-state index in [2.05, 4.69) is 10.6 Å². The molecule has 0 spiro atoms. The monoisotopic (exact) mass is 333 g/mol. The van der Waals surface area contributed by atoms with Crippen LogP contribution in [-0.4, -0.2) is 17.4 Å². The Morgan fingerprint density at radius 1 is 1.25 bits per heavy atom. The fraction of sp³-hybridized carbons (Fsp3) is 0.611. The van der Waals surface area contributed by atoms with Crippen molar-refractivity contribution in [2.45, 2.75) is 52.9 Å². The number of rotatable bonds is 5. The lowest BCUT2D eigenvalue weighted by atomic mass is 9.89. The maximum absolute atomic E-state index is 12.0. The van der Waals surface area contributed by atoms with Gasteiger partial charge in [-0.2, -0.15) is 0 Å². The van der Waals surface area contributed by atoms with Crippen LogP contribution in [-0.2, 0) is 4.79 Å². The van der Waals surface area contributed by atoms with Crippen molar-refractivity contribution in [3.8, 4) is 0 Å². The number of nitrogens with one attached hydrogen (secondary N) is 2. The number of nitrogens with zero attached hydrogens (tertiary/aromatic N) is 1. The topological polar surface area (TPSA) is 84.3 Å². The lowest BCUT2D eigenvalue weighted by Gasteiger charge is -2.22. The van der Waals surface area contributed by atoms with E-state index in [1.165, 1.54) is 38.2 Å². The highest BCUT2D eigenvalue weighted by Crippen LogP contribution is 2.30. The second-order valence-corrected chi connectivity index (χ2v) is 7.58. The van der Waals surface area contributed by atoms with Crippen LogP contribution in [0.15, 0.2) is 18.2 Å². The van der Waals surface area contributed by atoms with Gasteiger partial charge in [0, 0.05) is 23.7 Å². The summed E-state index contributed by atoms with van der Waals surface area (Å²) in [5.74, 6) is 0.415. The zero-order valence-corrected chi connectivity index (χ0v) is 14.7. The minimum Gasteiger partial charge on any atom is -0.379 e. The Morgan fingerprint density at radius 2 is 1.92 bits per heavy atom. The van der Waals surface area contributed by atoms with Gasteiger partial charge in [0.15, 0.2) is 0 Å². The van der Waals surface area contributed by atoms with Crippen LogP contribution < -0.4 is 10.6 Å². The maximum Gasteiger partial charge on any atom is 0.294 e. The molecule has 132 valence electrons. The number of nitro benzene ring substituents is 1. The van der Waals surface area contributed by atoms with E-state index in [1.54, 1.807) is 32.9 Å². The predicted octanol–water partition coefficient (Wildman–Crippen LogP) is 4.57. The molecule has 0 bridgehead atoms. The van der Waals surface area contributed by atoms with Crippen LogP contribution in [0.2, 0.25) is 0 Å². The second kappa shape index (κ2) is 7.64. The van der Waals surface area contributed by atoms with Crippen molar-refractivity contribution in [1.29, 1.82) is 0 Å². The van der Waals surface area contributed by atoms with Gasteiger partial charge in [-0.05, 0) is 30.9 Å². The number of hydrogen-bond donors (Lipinski definition) is 2. The van der Waals surface area contributed by atoms with Crippen molar-refractivity contribution >= 4 is 23.0 Å². The van der Waals surface area contributed by atoms with E-state index >= 15 is 0 Å². The van der Waals surface area contributed by atoms with Gasteiger partial charge < -0.3 is 10.6 Å². The highest BCUT2D eigenvalue weighted by atomic mass is 16.6. The average molecular weight is 333 g/mol. The number of nitro groups is 1. The maximum atomic E-state index is 12.0. The van der Waals surface area contributed by atoms with Crippen LogP contribution in [0.25, 0.3) is 0 Å². The third-order valence-electron chi connectivity index (χ3n) is 4.44. The molecule has 1 fully saturated rings. The van der Waals surface area contributed by atoms with E-state index in [4.69, 9.17) is 0 Å². The molecule has 0 radical (unpaired) electrons. The summed E-state index contributed by atoms with van der Waals surface area (Å²) in [4.78, 5) is 23.0. The highest BCUT2D eigenvalue weighted by Gasteiger charge is 2.23. The molecule has 1 amide bonds. The van der Waals surface area contributed by atoms with Crippen molar-refractivity contribution in [2.24, 2.45) is 11.3 Å². The first-order valence-corrected chi connectivity index (χ1v) is 8.61. The van der Waals surface area contributed by atoms with Crippen LogP contribution in [0.3, 0.4) is 0 Å². The summed E-state index contributed by atoms with van der Waals surface area (Å²) < 4.78 is 0. The minimum absolute atomic E-state index is 0.00230. The number of carbonyl (C=O) groups is 1. The second-order valence-electron chi connectivity index (χ2n) is 7.58. The summed E-state index contributed by atoms with van der Waals surface area (Å²) in [6.07, 6.45) is 6.14. The lowest BCUT2D eigenvalue weighted by Crippen LogP contribution is -2.27. The Labute approximate surface area is 143 Å². The molecule has 0 atom stereocenters. The molecule has 2 rings (SSSR count). The number of amides is 1. The molecule has 1 aliphatic carbocycles. The molecule has 0 aromatic heterocycles. The Hall–Kier alpha value is -2.11. The Balaban J connectivity index is 2.08. The van der Waals surface area contributed by atoms with E-state index < -0.39 is 10.3 Å². The van der Waals surface area contributed by atoms with Gasteiger partial charge in [-0.3, -0.25) is 14.9 Å². The van der Waals surface area contributed by atoms with Crippen molar-refractivity contribution in [3.05, 3.63) is 28.3 Å². The fourth-order valence-electron chi connectivity index (χ4n) is 2.87. The van der Waals surface area contributed by atoms with Crippen LogP contribution in [0, 0.1) is 21.4 Å². The lowest BCUT2D eigenvalue weighted by molar-refractivity contribution is -0.383. The zero-order valence-electron chi connectivity index (χ0n) is 14.7. The molecule has 1 aromatic carbocycles.